The molecule has 0 bridgehead atoms. The van der Waals surface area contributed by atoms with E-state index < -0.39 is 0 Å². The van der Waals surface area contributed by atoms with E-state index in [-0.39, 0.29) is 0 Å². The molecule has 0 radical (unpaired) electrons. The summed E-state index contributed by atoms with van der Waals surface area (Å²) < 4.78 is 0. The van der Waals surface area contributed by atoms with Crippen molar-refractivity contribution in [3.05, 3.63) is 35.4 Å². The molecule has 0 saturated carbocycles. The number of alkyl halides is 1. The highest BCUT2D eigenvalue weighted by Gasteiger charge is 1.99. The molecule has 1 aromatic rings. The van der Waals surface area contributed by atoms with Gasteiger partial charge < -0.3 is 0 Å². The third kappa shape index (κ3) is 2.33. The normalized spacial score (nSPS) is 13.0. The van der Waals surface area contributed by atoms with Gasteiger partial charge in [-0.15, -0.1) is 0 Å². The number of benzene rings is 1. The fourth-order valence-corrected chi connectivity index (χ4v) is 1.35. The highest BCUT2D eigenvalue weighted by molar-refractivity contribution is 9.09. The highest BCUT2D eigenvalue weighted by Crippen LogP contribution is 2.22. The SMILES string of the molecule is CCc1cccc(C(C)Br)c1. The molecule has 0 aliphatic rings. The van der Waals surface area contributed by atoms with Gasteiger partial charge in [0.1, 0.15) is 0 Å². The number of rotatable bonds is 2. The molecule has 0 spiro atoms. The molecule has 1 heteroatoms. The molecule has 0 heterocycles. The van der Waals surface area contributed by atoms with Crippen LogP contribution in [-0.2, 0) is 6.42 Å². The molecule has 1 rings (SSSR count). The van der Waals surface area contributed by atoms with Crippen molar-refractivity contribution in [2.45, 2.75) is 25.1 Å². The Kier molecular flexibility index (Phi) is 3.13. The molecular weight excluding hydrogens is 200 g/mol. The first-order chi connectivity index (χ1) is 5.24. The zero-order valence-electron chi connectivity index (χ0n) is 6.97. The minimum Gasteiger partial charge on any atom is -0.0842 e. The third-order valence-electron chi connectivity index (χ3n) is 1.82. The maximum Gasteiger partial charge on any atom is 0.0367 e. The predicted octanol–water partition coefficient (Wildman–Crippen LogP) is 3.70. The van der Waals surface area contributed by atoms with Gasteiger partial charge in [0.25, 0.3) is 0 Å². The van der Waals surface area contributed by atoms with Crippen molar-refractivity contribution >= 4 is 15.9 Å². The van der Waals surface area contributed by atoms with E-state index in [1.807, 2.05) is 0 Å². The molecule has 0 N–H and O–H groups in total. The van der Waals surface area contributed by atoms with E-state index in [1.54, 1.807) is 0 Å². The van der Waals surface area contributed by atoms with Crippen LogP contribution in [-0.4, -0.2) is 0 Å². The van der Waals surface area contributed by atoms with Crippen LogP contribution in [0.25, 0.3) is 0 Å². The number of hydrogen-bond acceptors (Lipinski definition) is 0. The Labute approximate surface area is 76.8 Å². The van der Waals surface area contributed by atoms with Gasteiger partial charge in [-0.1, -0.05) is 47.1 Å². The minimum atomic E-state index is 0.467. The summed E-state index contributed by atoms with van der Waals surface area (Å²) in [6.07, 6.45) is 1.12. The lowest BCUT2D eigenvalue weighted by atomic mass is 10.1. The number of aryl methyl sites for hydroxylation is 1. The molecule has 0 saturated heterocycles. The summed E-state index contributed by atoms with van der Waals surface area (Å²) in [4.78, 5) is 0.467. The Balaban J connectivity index is 2.91. The van der Waals surface area contributed by atoms with E-state index in [4.69, 9.17) is 0 Å². The van der Waals surface area contributed by atoms with Gasteiger partial charge in [0.2, 0.25) is 0 Å². The van der Waals surface area contributed by atoms with Crippen molar-refractivity contribution in [1.29, 1.82) is 0 Å². The van der Waals surface area contributed by atoms with Crippen LogP contribution >= 0.6 is 15.9 Å². The topological polar surface area (TPSA) is 0 Å². The van der Waals surface area contributed by atoms with Crippen molar-refractivity contribution in [2.24, 2.45) is 0 Å². The molecule has 0 amide bonds. The monoisotopic (exact) mass is 212 g/mol. The molecule has 0 nitrogen and oxygen atoms in total. The highest BCUT2D eigenvalue weighted by atomic mass is 79.9. The molecule has 0 aliphatic heterocycles. The van der Waals surface area contributed by atoms with Crippen molar-refractivity contribution in [3.63, 3.8) is 0 Å². The van der Waals surface area contributed by atoms with Crippen molar-refractivity contribution in [1.82, 2.24) is 0 Å². The fourth-order valence-electron chi connectivity index (χ4n) is 1.06. The van der Waals surface area contributed by atoms with Gasteiger partial charge in [-0.25, -0.2) is 0 Å². The van der Waals surface area contributed by atoms with Gasteiger partial charge >= 0.3 is 0 Å². The Morgan fingerprint density at radius 1 is 1.45 bits per heavy atom. The standard InChI is InChI=1S/C10H13Br/c1-3-9-5-4-6-10(7-9)8(2)11/h4-8H,3H2,1-2H3. The minimum absolute atomic E-state index is 0.467. The zero-order chi connectivity index (χ0) is 8.27. The maximum atomic E-state index is 3.55. The van der Waals surface area contributed by atoms with Crippen LogP contribution in [0.1, 0.15) is 29.8 Å². The molecular formula is C10H13Br. The van der Waals surface area contributed by atoms with Gasteiger partial charge in [0, 0.05) is 4.83 Å². The lowest BCUT2D eigenvalue weighted by Gasteiger charge is -2.04. The first-order valence-electron chi connectivity index (χ1n) is 3.97. The number of halogens is 1. The van der Waals surface area contributed by atoms with Crippen LogP contribution in [0.2, 0.25) is 0 Å². The first kappa shape index (κ1) is 8.79. The summed E-state index contributed by atoms with van der Waals surface area (Å²) in [5.74, 6) is 0. The zero-order valence-corrected chi connectivity index (χ0v) is 8.56. The summed E-state index contributed by atoms with van der Waals surface area (Å²) in [6.45, 7) is 4.33. The lowest BCUT2D eigenvalue weighted by Crippen LogP contribution is -1.86. The molecule has 60 valence electrons. The Hall–Kier alpha value is -0.300. The van der Waals surface area contributed by atoms with Crippen LogP contribution < -0.4 is 0 Å². The lowest BCUT2D eigenvalue weighted by molar-refractivity contribution is 1.08. The van der Waals surface area contributed by atoms with Crippen molar-refractivity contribution in [3.8, 4) is 0 Å². The quantitative estimate of drug-likeness (QED) is 0.657. The van der Waals surface area contributed by atoms with Crippen molar-refractivity contribution < 1.29 is 0 Å². The number of hydrogen-bond donors (Lipinski definition) is 0. The third-order valence-corrected chi connectivity index (χ3v) is 2.35. The molecule has 1 unspecified atom stereocenters. The second-order valence-electron chi connectivity index (χ2n) is 2.71. The maximum absolute atomic E-state index is 3.55. The van der Waals surface area contributed by atoms with Crippen LogP contribution in [0.3, 0.4) is 0 Å². The Morgan fingerprint density at radius 2 is 2.18 bits per heavy atom. The summed E-state index contributed by atoms with van der Waals surface area (Å²) in [5, 5.41) is 0. The second kappa shape index (κ2) is 3.91. The largest absolute Gasteiger partial charge is 0.0842 e. The van der Waals surface area contributed by atoms with Gasteiger partial charge in [-0.2, -0.15) is 0 Å². The van der Waals surface area contributed by atoms with Crippen LogP contribution in [0.5, 0.6) is 0 Å². The van der Waals surface area contributed by atoms with E-state index >= 15 is 0 Å². The van der Waals surface area contributed by atoms with E-state index in [1.165, 1.54) is 11.1 Å². The summed E-state index contributed by atoms with van der Waals surface area (Å²) in [5.41, 5.74) is 2.78. The second-order valence-corrected chi connectivity index (χ2v) is 4.09. The van der Waals surface area contributed by atoms with Gasteiger partial charge in [0.15, 0.2) is 0 Å². The molecule has 1 aromatic carbocycles. The average molecular weight is 213 g/mol. The smallest absolute Gasteiger partial charge is 0.0367 e. The Bertz CT molecular complexity index is 228. The first-order valence-corrected chi connectivity index (χ1v) is 4.88. The summed E-state index contributed by atoms with van der Waals surface area (Å²) in [7, 11) is 0. The van der Waals surface area contributed by atoms with Crippen molar-refractivity contribution in [2.75, 3.05) is 0 Å². The van der Waals surface area contributed by atoms with Gasteiger partial charge in [-0.3, -0.25) is 0 Å². The van der Waals surface area contributed by atoms with E-state index in [2.05, 4.69) is 54.0 Å². The molecule has 0 aliphatic carbocycles. The Morgan fingerprint density at radius 3 is 2.73 bits per heavy atom. The van der Waals surface area contributed by atoms with E-state index in [0.717, 1.165) is 6.42 Å². The molecule has 11 heavy (non-hydrogen) atoms. The molecule has 1 atom stereocenters. The summed E-state index contributed by atoms with van der Waals surface area (Å²) >= 11 is 3.55. The fraction of sp³-hybridized carbons (Fsp3) is 0.400. The van der Waals surface area contributed by atoms with Crippen LogP contribution in [0.4, 0.5) is 0 Å². The predicted molar refractivity (Wildman–Crippen MR) is 53.2 cm³/mol. The van der Waals surface area contributed by atoms with Gasteiger partial charge in [0.05, 0.1) is 0 Å². The van der Waals surface area contributed by atoms with E-state index in [0.29, 0.717) is 4.83 Å². The molecule has 0 aromatic heterocycles. The van der Waals surface area contributed by atoms with E-state index in [9.17, 15) is 0 Å². The summed E-state index contributed by atoms with van der Waals surface area (Å²) in [6, 6.07) is 8.68. The van der Waals surface area contributed by atoms with Crippen LogP contribution in [0, 0.1) is 0 Å². The van der Waals surface area contributed by atoms with Gasteiger partial charge in [-0.05, 0) is 24.5 Å². The van der Waals surface area contributed by atoms with Crippen LogP contribution in [0.15, 0.2) is 24.3 Å². The molecule has 0 fully saturated rings. The average Bonchev–Trinajstić information content (AvgIpc) is 2.05.